The standard InChI is InChI=1S/C14H13ClFNO2/c1-18-11-7-6-9(14(19-2)12(11)15)8-4-3-5-10(16)13(8)17/h3-7H,17H2,1-2H3. The van der Waals surface area contributed by atoms with E-state index in [-0.39, 0.29) is 5.69 Å². The van der Waals surface area contributed by atoms with Crippen molar-refractivity contribution in [1.82, 2.24) is 0 Å². The van der Waals surface area contributed by atoms with Gasteiger partial charge in [-0.1, -0.05) is 23.7 Å². The number of halogens is 2. The molecule has 0 saturated carbocycles. The lowest BCUT2D eigenvalue weighted by molar-refractivity contribution is 0.396. The van der Waals surface area contributed by atoms with Gasteiger partial charge in [-0.15, -0.1) is 0 Å². The zero-order chi connectivity index (χ0) is 14.0. The molecule has 0 atom stereocenters. The van der Waals surface area contributed by atoms with Gasteiger partial charge in [-0.25, -0.2) is 4.39 Å². The maximum absolute atomic E-state index is 13.5. The average Bonchev–Trinajstić information content (AvgIpc) is 2.41. The first kappa shape index (κ1) is 13.5. The van der Waals surface area contributed by atoms with E-state index in [9.17, 15) is 4.39 Å². The van der Waals surface area contributed by atoms with E-state index in [1.165, 1.54) is 20.3 Å². The Labute approximate surface area is 115 Å². The highest BCUT2D eigenvalue weighted by atomic mass is 35.5. The number of hydrogen-bond donors (Lipinski definition) is 1. The van der Waals surface area contributed by atoms with E-state index in [0.717, 1.165) is 0 Å². The highest BCUT2D eigenvalue weighted by molar-refractivity contribution is 6.34. The number of nitrogen functional groups attached to an aromatic ring is 1. The van der Waals surface area contributed by atoms with Crippen LogP contribution in [-0.4, -0.2) is 14.2 Å². The van der Waals surface area contributed by atoms with E-state index >= 15 is 0 Å². The summed E-state index contributed by atoms with van der Waals surface area (Å²) in [4.78, 5) is 0. The lowest BCUT2D eigenvalue weighted by atomic mass is 10.0. The molecule has 2 aromatic rings. The topological polar surface area (TPSA) is 44.5 Å². The SMILES string of the molecule is COc1ccc(-c2cccc(F)c2N)c(OC)c1Cl. The number of nitrogens with two attached hydrogens (primary N) is 1. The van der Waals surface area contributed by atoms with Crippen LogP contribution in [0.2, 0.25) is 5.02 Å². The molecule has 0 radical (unpaired) electrons. The highest BCUT2D eigenvalue weighted by Crippen LogP contribution is 2.43. The van der Waals surface area contributed by atoms with Crippen molar-refractivity contribution in [2.24, 2.45) is 0 Å². The van der Waals surface area contributed by atoms with Gasteiger partial charge in [-0.3, -0.25) is 0 Å². The molecule has 100 valence electrons. The predicted molar refractivity (Wildman–Crippen MR) is 74.4 cm³/mol. The lowest BCUT2D eigenvalue weighted by Gasteiger charge is -2.14. The Bertz CT molecular complexity index is 617. The minimum absolute atomic E-state index is 0.0574. The fourth-order valence-corrected chi connectivity index (χ4v) is 2.20. The van der Waals surface area contributed by atoms with Crippen LogP contribution >= 0.6 is 11.6 Å². The summed E-state index contributed by atoms with van der Waals surface area (Å²) >= 11 is 6.17. The summed E-state index contributed by atoms with van der Waals surface area (Å²) in [7, 11) is 3.00. The van der Waals surface area contributed by atoms with Crippen LogP contribution in [0.4, 0.5) is 10.1 Å². The smallest absolute Gasteiger partial charge is 0.149 e. The highest BCUT2D eigenvalue weighted by Gasteiger charge is 2.17. The summed E-state index contributed by atoms with van der Waals surface area (Å²) in [5, 5.41) is 0.325. The van der Waals surface area contributed by atoms with Crippen molar-refractivity contribution < 1.29 is 13.9 Å². The van der Waals surface area contributed by atoms with Crippen molar-refractivity contribution in [1.29, 1.82) is 0 Å². The molecule has 0 amide bonds. The molecule has 3 nitrogen and oxygen atoms in total. The van der Waals surface area contributed by atoms with Gasteiger partial charge in [0.2, 0.25) is 0 Å². The van der Waals surface area contributed by atoms with Crippen LogP contribution in [0.15, 0.2) is 30.3 Å². The molecule has 0 spiro atoms. The summed E-state index contributed by atoms with van der Waals surface area (Å²) in [6.07, 6.45) is 0. The first-order valence-electron chi connectivity index (χ1n) is 5.55. The van der Waals surface area contributed by atoms with E-state index in [1.54, 1.807) is 24.3 Å². The largest absolute Gasteiger partial charge is 0.495 e. The fourth-order valence-electron chi connectivity index (χ4n) is 1.88. The zero-order valence-corrected chi connectivity index (χ0v) is 11.3. The molecule has 2 aromatic carbocycles. The van der Waals surface area contributed by atoms with Crippen molar-refractivity contribution in [2.45, 2.75) is 0 Å². The molecule has 0 saturated heterocycles. The Morgan fingerprint density at radius 3 is 2.42 bits per heavy atom. The van der Waals surface area contributed by atoms with E-state index in [2.05, 4.69) is 0 Å². The summed E-state index contributed by atoms with van der Waals surface area (Å²) in [6.45, 7) is 0. The maximum Gasteiger partial charge on any atom is 0.149 e. The molecule has 0 fully saturated rings. The van der Waals surface area contributed by atoms with Gasteiger partial charge in [0.15, 0.2) is 0 Å². The third kappa shape index (κ3) is 2.31. The molecule has 0 heterocycles. The van der Waals surface area contributed by atoms with Gasteiger partial charge < -0.3 is 15.2 Å². The van der Waals surface area contributed by atoms with Crippen molar-refractivity contribution in [3.8, 4) is 22.6 Å². The Morgan fingerprint density at radius 2 is 1.79 bits per heavy atom. The quantitative estimate of drug-likeness (QED) is 0.872. The molecule has 0 aliphatic carbocycles. The molecule has 0 bridgehead atoms. The van der Waals surface area contributed by atoms with E-state index in [0.29, 0.717) is 27.6 Å². The van der Waals surface area contributed by atoms with Gasteiger partial charge in [0.05, 0.1) is 19.9 Å². The van der Waals surface area contributed by atoms with Gasteiger partial charge >= 0.3 is 0 Å². The third-order valence-corrected chi connectivity index (χ3v) is 3.19. The number of hydrogen-bond acceptors (Lipinski definition) is 3. The second kappa shape index (κ2) is 5.36. The van der Waals surface area contributed by atoms with Gasteiger partial charge in [0.25, 0.3) is 0 Å². The van der Waals surface area contributed by atoms with Crippen molar-refractivity contribution in [2.75, 3.05) is 20.0 Å². The minimum atomic E-state index is -0.480. The lowest BCUT2D eigenvalue weighted by Crippen LogP contribution is -1.97. The molecule has 2 N–H and O–H groups in total. The second-order valence-corrected chi connectivity index (χ2v) is 4.24. The van der Waals surface area contributed by atoms with Crippen LogP contribution in [0.1, 0.15) is 0 Å². The van der Waals surface area contributed by atoms with Crippen LogP contribution in [0.3, 0.4) is 0 Å². The molecule has 0 unspecified atom stereocenters. The molecule has 2 rings (SSSR count). The van der Waals surface area contributed by atoms with Gasteiger partial charge in [-0.2, -0.15) is 0 Å². The summed E-state index contributed by atoms with van der Waals surface area (Å²) < 4.78 is 23.9. The fraction of sp³-hybridized carbons (Fsp3) is 0.143. The molecule has 0 aliphatic rings. The normalized spacial score (nSPS) is 10.3. The second-order valence-electron chi connectivity index (χ2n) is 3.86. The Hall–Kier alpha value is -1.94. The molecule has 0 aromatic heterocycles. The Balaban J connectivity index is 2.69. The summed E-state index contributed by atoms with van der Waals surface area (Å²) in [5.41, 5.74) is 6.96. The number of benzene rings is 2. The Morgan fingerprint density at radius 1 is 1.05 bits per heavy atom. The van der Waals surface area contributed by atoms with Crippen LogP contribution in [0.25, 0.3) is 11.1 Å². The molecule has 19 heavy (non-hydrogen) atoms. The molecule has 0 aliphatic heterocycles. The minimum Gasteiger partial charge on any atom is -0.495 e. The molecule has 5 heteroatoms. The van der Waals surface area contributed by atoms with Crippen LogP contribution in [0, 0.1) is 5.82 Å². The predicted octanol–water partition coefficient (Wildman–Crippen LogP) is 3.75. The third-order valence-electron chi connectivity index (χ3n) is 2.83. The van der Waals surface area contributed by atoms with Crippen molar-refractivity contribution >= 4 is 17.3 Å². The van der Waals surface area contributed by atoms with E-state index in [1.807, 2.05) is 0 Å². The zero-order valence-electron chi connectivity index (χ0n) is 10.5. The first-order chi connectivity index (χ1) is 9.10. The van der Waals surface area contributed by atoms with Crippen LogP contribution in [0.5, 0.6) is 11.5 Å². The Kier molecular flexibility index (Phi) is 3.81. The number of methoxy groups -OCH3 is 2. The van der Waals surface area contributed by atoms with E-state index < -0.39 is 5.82 Å². The van der Waals surface area contributed by atoms with Crippen molar-refractivity contribution in [3.63, 3.8) is 0 Å². The van der Waals surface area contributed by atoms with Gasteiger partial charge in [0, 0.05) is 11.1 Å². The number of ether oxygens (including phenoxy) is 2. The van der Waals surface area contributed by atoms with Crippen LogP contribution < -0.4 is 15.2 Å². The van der Waals surface area contributed by atoms with Crippen molar-refractivity contribution in [3.05, 3.63) is 41.2 Å². The number of anilines is 1. The maximum atomic E-state index is 13.5. The van der Waals surface area contributed by atoms with E-state index in [4.69, 9.17) is 26.8 Å². The van der Waals surface area contributed by atoms with Gasteiger partial charge in [-0.05, 0) is 18.2 Å². The molecular weight excluding hydrogens is 269 g/mol. The first-order valence-corrected chi connectivity index (χ1v) is 5.92. The number of para-hydroxylation sites is 1. The van der Waals surface area contributed by atoms with Crippen LogP contribution in [-0.2, 0) is 0 Å². The van der Waals surface area contributed by atoms with Gasteiger partial charge in [0.1, 0.15) is 22.3 Å². The monoisotopic (exact) mass is 281 g/mol. The summed E-state index contributed by atoms with van der Waals surface area (Å²) in [5.74, 6) is 0.405. The molecular formula is C14H13ClFNO2. The summed E-state index contributed by atoms with van der Waals surface area (Å²) in [6, 6.07) is 8.01. The average molecular weight is 282 g/mol. The number of rotatable bonds is 3.